The van der Waals surface area contributed by atoms with Gasteiger partial charge in [0.2, 0.25) is 0 Å². The van der Waals surface area contributed by atoms with Crippen LogP contribution in [0.2, 0.25) is 0 Å². The predicted molar refractivity (Wildman–Crippen MR) is 121 cm³/mol. The highest BCUT2D eigenvalue weighted by Crippen LogP contribution is 2.30. The molecule has 3 rings (SSSR count). The number of hydrogen-bond donors (Lipinski definition) is 0. The maximum Gasteiger partial charge on any atom is 0.196 e. The van der Waals surface area contributed by atoms with Gasteiger partial charge in [0.1, 0.15) is 11.6 Å². The van der Waals surface area contributed by atoms with Crippen molar-refractivity contribution < 1.29 is 13.9 Å². The average molecular weight is 443 g/mol. The van der Waals surface area contributed by atoms with E-state index in [4.69, 9.17) is 4.74 Å². The lowest BCUT2D eigenvalue weighted by Crippen LogP contribution is -2.21. The van der Waals surface area contributed by atoms with Crippen LogP contribution in [0.5, 0.6) is 5.75 Å². The van der Waals surface area contributed by atoms with Gasteiger partial charge in [-0.1, -0.05) is 11.8 Å². The Morgan fingerprint density at radius 3 is 2.32 bits per heavy atom. The number of carbonyl (C=O) groups excluding carboxylic acids is 1. The summed E-state index contributed by atoms with van der Waals surface area (Å²) in [5, 5.41) is 8.94. The molecule has 1 heterocycles. The fourth-order valence-corrected chi connectivity index (χ4v) is 3.97. The molecule has 0 fully saturated rings. The van der Waals surface area contributed by atoms with Gasteiger partial charge in [0.05, 0.1) is 17.9 Å². The molecule has 0 saturated carbocycles. The van der Waals surface area contributed by atoms with E-state index in [1.54, 1.807) is 36.4 Å². The third kappa shape index (κ3) is 5.32. The molecule has 31 heavy (non-hydrogen) atoms. The summed E-state index contributed by atoms with van der Waals surface area (Å²) in [5.41, 5.74) is 1.36. The van der Waals surface area contributed by atoms with Crippen molar-refractivity contribution >= 4 is 17.5 Å². The second-order valence-corrected chi connectivity index (χ2v) is 8.68. The van der Waals surface area contributed by atoms with Crippen molar-refractivity contribution in [1.29, 1.82) is 0 Å². The first kappa shape index (κ1) is 23.0. The zero-order chi connectivity index (χ0) is 22.5. The van der Waals surface area contributed by atoms with Crippen LogP contribution in [-0.4, -0.2) is 51.4 Å². The summed E-state index contributed by atoms with van der Waals surface area (Å²) in [7, 11) is 3.92. The Labute approximate surface area is 186 Å². The van der Waals surface area contributed by atoms with E-state index in [-0.39, 0.29) is 22.9 Å². The predicted octanol–water partition coefficient (Wildman–Crippen LogP) is 4.79. The Hall–Kier alpha value is -2.71. The van der Waals surface area contributed by atoms with E-state index in [1.165, 1.54) is 23.9 Å². The van der Waals surface area contributed by atoms with Crippen LogP contribution in [0.3, 0.4) is 0 Å². The molecule has 2 atom stereocenters. The zero-order valence-electron chi connectivity index (χ0n) is 18.4. The number of halogens is 1. The van der Waals surface area contributed by atoms with Crippen molar-refractivity contribution in [2.24, 2.45) is 0 Å². The van der Waals surface area contributed by atoms with Gasteiger partial charge >= 0.3 is 0 Å². The normalized spacial score (nSPS) is 13.3. The number of rotatable bonds is 9. The minimum atomic E-state index is -0.385. The number of ether oxygens (including phenoxy) is 1. The van der Waals surface area contributed by atoms with Crippen molar-refractivity contribution in [3.63, 3.8) is 0 Å². The molecule has 0 unspecified atom stereocenters. The largest absolute Gasteiger partial charge is 0.494 e. The Kier molecular flexibility index (Phi) is 7.46. The average Bonchev–Trinajstić information content (AvgIpc) is 3.17. The second kappa shape index (κ2) is 10.1. The zero-order valence-corrected chi connectivity index (χ0v) is 19.2. The fraction of sp³-hybridized carbons (Fsp3) is 0.348. The SMILES string of the molecule is CCOc1ccc(C(=O)[C@@H](C)Sc2nnc([C@H](C)N(C)C)n2-c2ccc(F)cc2)cc1. The molecule has 0 aliphatic carbocycles. The van der Waals surface area contributed by atoms with Gasteiger partial charge in [0.15, 0.2) is 16.8 Å². The maximum atomic E-state index is 13.5. The van der Waals surface area contributed by atoms with Gasteiger partial charge in [-0.15, -0.1) is 10.2 Å². The molecule has 0 aliphatic rings. The van der Waals surface area contributed by atoms with E-state index in [2.05, 4.69) is 10.2 Å². The van der Waals surface area contributed by atoms with Crippen LogP contribution in [0.4, 0.5) is 4.39 Å². The minimum Gasteiger partial charge on any atom is -0.494 e. The van der Waals surface area contributed by atoms with Gasteiger partial charge in [0.25, 0.3) is 0 Å². The number of benzene rings is 2. The molecular weight excluding hydrogens is 415 g/mol. The van der Waals surface area contributed by atoms with Crippen LogP contribution in [0.1, 0.15) is 43.0 Å². The number of nitrogens with zero attached hydrogens (tertiary/aromatic N) is 4. The van der Waals surface area contributed by atoms with Gasteiger partial charge in [-0.05, 0) is 83.4 Å². The topological polar surface area (TPSA) is 60.2 Å². The van der Waals surface area contributed by atoms with Crippen LogP contribution in [0.15, 0.2) is 53.7 Å². The summed E-state index contributed by atoms with van der Waals surface area (Å²) in [5.74, 6) is 1.13. The third-order valence-electron chi connectivity index (χ3n) is 4.99. The number of ketones is 1. The summed E-state index contributed by atoms with van der Waals surface area (Å²) in [6, 6.07) is 13.3. The van der Waals surface area contributed by atoms with E-state index < -0.39 is 0 Å². The maximum absolute atomic E-state index is 13.5. The molecule has 0 bridgehead atoms. The number of thioether (sulfide) groups is 1. The van der Waals surface area contributed by atoms with Crippen LogP contribution in [0.25, 0.3) is 5.69 Å². The van der Waals surface area contributed by atoms with Gasteiger partial charge < -0.3 is 4.74 Å². The number of hydrogen-bond acceptors (Lipinski definition) is 6. The van der Waals surface area contributed by atoms with Crippen LogP contribution in [-0.2, 0) is 0 Å². The molecule has 0 saturated heterocycles. The summed E-state index contributed by atoms with van der Waals surface area (Å²) in [4.78, 5) is 15.0. The van der Waals surface area contributed by atoms with E-state index in [0.29, 0.717) is 17.3 Å². The molecule has 0 radical (unpaired) electrons. The number of carbonyl (C=O) groups is 1. The van der Waals surface area contributed by atoms with Crippen LogP contribution >= 0.6 is 11.8 Å². The monoisotopic (exact) mass is 442 g/mol. The van der Waals surface area contributed by atoms with Gasteiger partial charge in [0, 0.05) is 11.3 Å². The molecule has 3 aromatic rings. The van der Waals surface area contributed by atoms with E-state index >= 15 is 0 Å². The minimum absolute atomic E-state index is 0.0103. The molecule has 2 aromatic carbocycles. The van der Waals surface area contributed by atoms with E-state index in [9.17, 15) is 9.18 Å². The van der Waals surface area contributed by atoms with Crippen molar-refractivity contribution in [2.75, 3.05) is 20.7 Å². The number of Topliss-reactive ketones (excluding diaryl/α,β-unsaturated/α-hetero) is 1. The molecule has 0 aliphatic heterocycles. The Morgan fingerprint density at radius 1 is 1.10 bits per heavy atom. The van der Waals surface area contributed by atoms with Crippen molar-refractivity contribution in [1.82, 2.24) is 19.7 Å². The van der Waals surface area contributed by atoms with Crippen LogP contribution in [0, 0.1) is 5.82 Å². The molecule has 0 spiro atoms. The highest BCUT2D eigenvalue weighted by molar-refractivity contribution is 8.00. The summed E-state index contributed by atoms with van der Waals surface area (Å²) in [6.07, 6.45) is 0. The number of aromatic nitrogens is 3. The highest BCUT2D eigenvalue weighted by atomic mass is 32.2. The molecule has 164 valence electrons. The first-order valence-corrected chi connectivity index (χ1v) is 11.0. The Balaban J connectivity index is 1.89. The van der Waals surface area contributed by atoms with Crippen molar-refractivity contribution in [3.05, 3.63) is 65.7 Å². The summed E-state index contributed by atoms with van der Waals surface area (Å²) < 4.78 is 20.8. The van der Waals surface area contributed by atoms with Gasteiger partial charge in [-0.2, -0.15) is 0 Å². The molecule has 1 aromatic heterocycles. The summed E-state index contributed by atoms with van der Waals surface area (Å²) in [6.45, 7) is 6.36. The molecule has 0 N–H and O–H groups in total. The van der Waals surface area contributed by atoms with Gasteiger partial charge in [-0.25, -0.2) is 4.39 Å². The first-order valence-electron chi connectivity index (χ1n) is 10.1. The summed E-state index contributed by atoms with van der Waals surface area (Å²) >= 11 is 1.33. The van der Waals surface area contributed by atoms with Crippen molar-refractivity contribution in [3.8, 4) is 11.4 Å². The molecule has 0 amide bonds. The lowest BCUT2D eigenvalue weighted by molar-refractivity contribution is 0.0994. The smallest absolute Gasteiger partial charge is 0.196 e. The fourth-order valence-electron chi connectivity index (χ4n) is 3.02. The quantitative estimate of drug-likeness (QED) is 0.351. The van der Waals surface area contributed by atoms with E-state index in [0.717, 1.165) is 17.3 Å². The highest BCUT2D eigenvalue weighted by Gasteiger charge is 2.25. The lowest BCUT2D eigenvalue weighted by Gasteiger charge is -2.21. The van der Waals surface area contributed by atoms with Crippen LogP contribution < -0.4 is 4.74 Å². The van der Waals surface area contributed by atoms with Crippen molar-refractivity contribution in [2.45, 2.75) is 37.2 Å². The lowest BCUT2D eigenvalue weighted by atomic mass is 10.1. The molecular formula is C23H27FN4O2S. The standard InChI is InChI=1S/C23H27FN4O2S/c1-6-30-20-13-7-17(8-14-20)21(29)16(3)31-23-26-25-22(15(2)27(4)5)28(23)19-11-9-18(24)10-12-19/h7-16H,6H2,1-5H3/t15-,16+/m0/s1. The first-order chi connectivity index (χ1) is 14.8. The van der Waals surface area contributed by atoms with Gasteiger partial charge in [-0.3, -0.25) is 14.3 Å². The second-order valence-electron chi connectivity index (χ2n) is 7.37. The Bertz CT molecular complexity index is 1020. The molecule has 6 nitrogen and oxygen atoms in total. The Morgan fingerprint density at radius 2 is 1.74 bits per heavy atom. The third-order valence-corrected chi connectivity index (χ3v) is 6.04. The van der Waals surface area contributed by atoms with E-state index in [1.807, 2.05) is 44.3 Å². The molecule has 8 heteroatoms.